The highest BCUT2D eigenvalue weighted by Gasteiger charge is 2.63. The Morgan fingerprint density at radius 3 is 2.21 bits per heavy atom. The van der Waals surface area contributed by atoms with Gasteiger partial charge in [-0.3, -0.25) is 4.79 Å². The van der Waals surface area contributed by atoms with Crippen molar-refractivity contribution >= 4 is 11.7 Å². The summed E-state index contributed by atoms with van der Waals surface area (Å²) in [5, 5.41) is 10.6. The lowest BCUT2D eigenvalue weighted by molar-refractivity contribution is -0.153. The molecule has 0 amide bonds. The number of carbonyl (C=O) groups is 1. The maximum absolute atomic E-state index is 13.6. The van der Waals surface area contributed by atoms with Crippen LogP contribution in [0.4, 0.5) is 5.69 Å². The number of rotatable bonds is 6. The minimum atomic E-state index is -1.49. The van der Waals surface area contributed by atoms with E-state index >= 15 is 0 Å². The van der Waals surface area contributed by atoms with Crippen LogP contribution in [0.3, 0.4) is 0 Å². The molecule has 4 rings (SSSR count). The van der Waals surface area contributed by atoms with Crippen molar-refractivity contribution in [2.75, 3.05) is 25.7 Å². The Bertz CT molecular complexity index is 1140. The predicted molar refractivity (Wildman–Crippen MR) is 126 cm³/mol. The number of hydrogen-bond acceptors (Lipinski definition) is 6. The summed E-state index contributed by atoms with van der Waals surface area (Å²) >= 11 is 0. The largest absolute Gasteiger partial charge is 0.497 e. The van der Waals surface area contributed by atoms with Crippen LogP contribution in [0.2, 0.25) is 0 Å². The molecule has 1 saturated heterocycles. The van der Waals surface area contributed by atoms with Crippen molar-refractivity contribution in [1.82, 2.24) is 0 Å². The summed E-state index contributed by atoms with van der Waals surface area (Å²) < 4.78 is 16.2. The second-order valence-electron chi connectivity index (χ2n) is 7.78. The van der Waals surface area contributed by atoms with Gasteiger partial charge in [0.2, 0.25) is 0 Å². The molecule has 0 aromatic heterocycles. The fraction of sp³-hybridized carbons (Fsp3) is 0.259. The molecule has 1 heterocycles. The average Bonchev–Trinajstić information content (AvgIpc) is 2.96. The number of anilines is 1. The number of allylic oxidation sites excluding steroid dienone is 5. The van der Waals surface area contributed by atoms with Crippen LogP contribution >= 0.6 is 0 Å². The second-order valence-corrected chi connectivity index (χ2v) is 7.78. The maximum atomic E-state index is 13.6. The number of fused-ring (bicyclic) bond motifs is 1. The molecule has 168 valence electrons. The topological polar surface area (TPSA) is 71.8 Å². The van der Waals surface area contributed by atoms with E-state index in [9.17, 15) is 10.1 Å². The zero-order chi connectivity index (χ0) is 23.4. The summed E-state index contributed by atoms with van der Waals surface area (Å²) in [6, 6.07) is 16.9. The third-order valence-electron chi connectivity index (χ3n) is 6.15. The third kappa shape index (κ3) is 3.66. The molecule has 6 heteroatoms. The van der Waals surface area contributed by atoms with Gasteiger partial charge >= 0.3 is 5.97 Å². The molecular formula is C27H26N2O4. The quantitative estimate of drug-likeness (QED) is 0.589. The number of hydrogen-bond donors (Lipinski definition) is 0. The van der Waals surface area contributed by atoms with Gasteiger partial charge in [0.05, 0.1) is 32.9 Å². The van der Waals surface area contributed by atoms with Gasteiger partial charge in [-0.15, -0.1) is 0 Å². The number of esters is 1. The van der Waals surface area contributed by atoms with E-state index in [1.165, 1.54) is 0 Å². The predicted octanol–water partition coefficient (Wildman–Crippen LogP) is 4.96. The number of nitrogens with zero attached hydrogens (tertiary/aromatic N) is 2. The van der Waals surface area contributed by atoms with E-state index in [2.05, 4.69) is 11.0 Å². The summed E-state index contributed by atoms with van der Waals surface area (Å²) in [6.07, 6.45) is 9.57. The molecule has 0 N–H and O–H groups in total. The molecule has 0 saturated carbocycles. The first-order valence-corrected chi connectivity index (χ1v) is 10.8. The van der Waals surface area contributed by atoms with Crippen LogP contribution in [0.5, 0.6) is 11.5 Å². The van der Waals surface area contributed by atoms with Crippen LogP contribution in [0.1, 0.15) is 18.5 Å². The van der Waals surface area contributed by atoms with E-state index in [1.807, 2.05) is 78.9 Å². The van der Waals surface area contributed by atoms with Crippen LogP contribution < -0.4 is 14.4 Å². The Hall–Kier alpha value is -3.98. The van der Waals surface area contributed by atoms with Crippen LogP contribution in [-0.2, 0) is 9.53 Å². The van der Waals surface area contributed by atoms with E-state index in [0.717, 1.165) is 22.7 Å². The molecule has 1 aliphatic heterocycles. The van der Waals surface area contributed by atoms with Crippen LogP contribution in [-0.4, -0.2) is 26.8 Å². The summed E-state index contributed by atoms with van der Waals surface area (Å²) in [5.74, 6) is 0.391. The van der Waals surface area contributed by atoms with Gasteiger partial charge in [-0.05, 0) is 55.0 Å². The van der Waals surface area contributed by atoms with E-state index in [1.54, 1.807) is 21.1 Å². The van der Waals surface area contributed by atoms with Crippen LogP contribution in [0.25, 0.3) is 0 Å². The molecule has 0 bridgehead atoms. The van der Waals surface area contributed by atoms with Gasteiger partial charge in [-0.2, -0.15) is 5.26 Å². The number of methoxy groups -OCH3 is 2. The Morgan fingerprint density at radius 1 is 1.00 bits per heavy atom. The fourth-order valence-electron chi connectivity index (χ4n) is 4.64. The summed E-state index contributed by atoms with van der Waals surface area (Å²) in [6.45, 7) is 1.94. The van der Waals surface area contributed by atoms with E-state index in [0.29, 0.717) is 5.75 Å². The monoisotopic (exact) mass is 442 g/mol. The normalized spacial score (nSPS) is 23.2. The van der Waals surface area contributed by atoms with Gasteiger partial charge in [0.25, 0.3) is 0 Å². The number of benzene rings is 2. The zero-order valence-corrected chi connectivity index (χ0v) is 18.9. The van der Waals surface area contributed by atoms with Gasteiger partial charge in [0.1, 0.15) is 11.5 Å². The van der Waals surface area contributed by atoms with Crippen molar-refractivity contribution in [2.24, 2.45) is 11.3 Å². The highest BCUT2D eigenvalue weighted by Crippen LogP contribution is 2.58. The molecule has 0 radical (unpaired) electrons. The molecule has 2 aromatic carbocycles. The highest BCUT2D eigenvalue weighted by molar-refractivity contribution is 5.87. The number of ether oxygens (including phenoxy) is 3. The molecular weight excluding hydrogens is 416 g/mol. The Balaban J connectivity index is 1.99. The molecule has 1 unspecified atom stereocenters. The summed E-state index contributed by atoms with van der Waals surface area (Å²) in [5.41, 5.74) is 1.02. The van der Waals surface area contributed by atoms with Gasteiger partial charge in [0, 0.05) is 17.3 Å². The molecule has 2 aliphatic rings. The summed E-state index contributed by atoms with van der Waals surface area (Å²) in [7, 11) is 3.22. The molecule has 2 aromatic rings. The van der Waals surface area contributed by atoms with Gasteiger partial charge < -0.3 is 19.1 Å². The number of nitriles is 1. The van der Waals surface area contributed by atoms with E-state index in [-0.39, 0.29) is 6.61 Å². The van der Waals surface area contributed by atoms with Crippen molar-refractivity contribution in [1.29, 1.82) is 5.26 Å². The lowest BCUT2D eigenvalue weighted by Crippen LogP contribution is -2.41. The standard InChI is InChI=1S/C27H26N2O4/c1-4-33-26(30)27(18-28)23-8-6-5-7-9-24(23)29(20-12-16-22(32-3)17-13-20)25(27)19-10-14-21(31-2)15-11-19/h5-17,23,25H,4H2,1-3H3/t23-,25+,27?/m1/s1. The summed E-state index contributed by atoms with van der Waals surface area (Å²) in [4.78, 5) is 15.6. The highest BCUT2D eigenvalue weighted by atomic mass is 16.5. The van der Waals surface area contributed by atoms with Gasteiger partial charge in [0.15, 0.2) is 5.41 Å². The first kappa shape index (κ1) is 22.2. The van der Waals surface area contributed by atoms with Crippen molar-refractivity contribution in [2.45, 2.75) is 13.0 Å². The van der Waals surface area contributed by atoms with Crippen LogP contribution in [0.15, 0.2) is 84.6 Å². The van der Waals surface area contributed by atoms with Gasteiger partial charge in [-0.25, -0.2) is 0 Å². The van der Waals surface area contributed by atoms with Crippen molar-refractivity contribution < 1.29 is 19.0 Å². The van der Waals surface area contributed by atoms with Gasteiger partial charge in [-0.1, -0.05) is 36.4 Å². The van der Waals surface area contributed by atoms with Crippen molar-refractivity contribution in [3.63, 3.8) is 0 Å². The lowest BCUT2D eigenvalue weighted by Gasteiger charge is -2.34. The minimum Gasteiger partial charge on any atom is -0.497 e. The van der Waals surface area contributed by atoms with E-state index in [4.69, 9.17) is 14.2 Å². The molecule has 6 nitrogen and oxygen atoms in total. The van der Waals surface area contributed by atoms with Crippen LogP contribution in [0, 0.1) is 22.7 Å². The van der Waals surface area contributed by atoms with Crippen molar-refractivity contribution in [3.8, 4) is 17.6 Å². The van der Waals surface area contributed by atoms with E-state index < -0.39 is 23.3 Å². The molecule has 33 heavy (non-hydrogen) atoms. The minimum absolute atomic E-state index is 0.188. The molecule has 1 aliphatic carbocycles. The SMILES string of the molecule is CCOC(=O)C1(C#N)[C@@H]2C=CC=CC=C2N(c2ccc(OC)cc2)[C@H]1c1ccc(OC)cc1. The maximum Gasteiger partial charge on any atom is 0.330 e. The molecule has 3 atom stereocenters. The number of carbonyl (C=O) groups excluding carboxylic acids is 1. The molecule has 0 spiro atoms. The second kappa shape index (κ2) is 9.25. The Kier molecular flexibility index (Phi) is 6.23. The average molecular weight is 443 g/mol. The first-order chi connectivity index (χ1) is 16.1. The lowest BCUT2D eigenvalue weighted by atomic mass is 9.71. The molecule has 1 fully saturated rings. The van der Waals surface area contributed by atoms with Crippen molar-refractivity contribution in [3.05, 3.63) is 90.2 Å². The first-order valence-electron chi connectivity index (χ1n) is 10.8. The Morgan fingerprint density at radius 2 is 1.64 bits per heavy atom. The zero-order valence-electron chi connectivity index (χ0n) is 18.9. The smallest absolute Gasteiger partial charge is 0.330 e. The third-order valence-corrected chi connectivity index (χ3v) is 6.15. The Labute approximate surface area is 194 Å². The fourth-order valence-corrected chi connectivity index (χ4v) is 4.64.